The Labute approximate surface area is 180 Å². The number of benzene rings is 2. The summed E-state index contributed by atoms with van der Waals surface area (Å²) in [6.07, 6.45) is 2.41. The lowest BCUT2D eigenvalue weighted by atomic mass is 10.1. The zero-order valence-corrected chi connectivity index (χ0v) is 18.1. The van der Waals surface area contributed by atoms with E-state index in [1.165, 1.54) is 5.56 Å². The van der Waals surface area contributed by atoms with Gasteiger partial charge in [0, 0.05) is 34.8 Å². The van der Waals surface area contributed by atoms with E-state index < -0.39 is 0 Å². The van der Waals surface area contributed by atoms with Crippen molar-refractivity contribution in [3.8, 4) is 11.3 Å². The van der Waals surface area contributed by atoms with E-state index in [4.69, 9.17) is 0 Å². The Hall–Kier alpha value is -2.99. The fourth-order valence-corrected chi connectivity index (χ4v) is 4.63. The molecule has 1 saturated heterocycles. The van der Waals surface area contributed by atoms with Gasteiger partial charge in [-0.15, -0.1) is 11.3 Å². The highest BCUT2D eigenvalue weighted by molar-refractivity contribution is 7.12. The summed E-state index contributed by atoms with van der Waals surface area (Å²) in [6, 6.07) is 15.3. The van der Waals surface area contributed by atoms with Crippen molar-refractivity contribution in [1.82, 2.24) is 9.88 Å². The molecule has 30 heavy (non-hydrogen) atoms. The predicted octanol–water partition coefficient (Wildman–Crippen LogP) is 4.84. The molecule has 6 heteroatoms. The number of thiazole rings is 1. The molecule has 1 aliphatic rings. The molecule has 154 valence electrons. The van der Waals surface area contributed by atoms with Gasteiger partial charge in [-0.1, -0.05) is 29.8 Å². The summed E-state index contributed by atoms with van der Waals surface area (Å²) in [5.41, 5.74) is 4.44. The van der Waals surface area contributed by atoms with Crippen LogP contribution >= 0.6 is 11.3 Å². The largest absolute Gasteiger partial charge is 0.339 e. The quantitative estimate of drug-likeness (QED) is 0.643. The molecular formula is C24H25N3O2S. The normalized spacial score (nSPS) is 13.5. The maximum Gasteiger partial charge on any atom is 0.253 e. The van der Waals surface area contributed by atoms with Crippen molar-refractivity contribution >= 4 is 28.8 Å². The smallest absolute Gasteiger partial charge is 0.253 e. The molecule has 0 unspecified atom stereocenters. The van der Waals surface area contributed by atoms with E-state index in [9.17, 15) is 9.59 Å². The Bertz CT molecular complexity index is 1050. The van der Waals surface area contributed by atoms with E-state index in [2.05, 4.69) is 29.4 Å². The van der Waals surface area contributed by atoms with Crippen LogP contribution in [0.4, 0.5) is 5.69 Å². The van der Waals surface area contributed by atoms with Gasteiger partial charge in [-0.3, -0.25) is 9.59 Å². The molecule has 2 aromatic carbocycles. The molecule has 0 bridgehead atoms. The molecule has 0 saturated carbocycles. The van der Waals surface area contributed by atoms with Crippen LogP contribution in [0.15, 0.2) is 48.5 Å². The molecule has 5 nitrogen and oxygen atoms in total. The molecule has 0 radical (unpaired) electrons. The lowest BCUT2D eigenvalue weighted by Crippen LogP contribution is -2.27. The van der Waals surface area contributed by atoms with Crippen molar-refractivity contribution in [3.63, 3.8) is 0 Å². The van der Waals surface area contributed by atoms with E-state index in [0.717, 1.165) is 47.1 Å². The van der Waals surface area contributed by atoms with Crippen molar-refractivity contribution < 1.29 is 9.59 Å². The first-order chi connectivity index (χ1) is 14.5. The maximum atomic E-state index is 12.6. The third-order valence-electron chi connectivity index (χ3n) is 5.26. The Kier molecular flexibility index (Phi) is 5.95. The second-order valence-corrected chi connectivity index (χ2v) is 8.96. The molecule has 1 aliphatic heterocycles. The number of aryl methyl sites for hydroxylation is 2. The fraction of sp³-hybridized carbons (Fsp3) is 0.292. The number of nitrogens with zero attached hydrogens (tertiary/aromatic N) is 2. The van der Waals surface area contributed by atoms with Crippen LogP contribution in [-0.4, -0.2) is 34.8 Å². The van der Waals surface area contributed by atoms with Crippen molar-refractivity contribution in [2.24, 2.45) is 0 Å². The zero-order chi connectivity index (χ0) is 21.1. The van der Waals surface area contributed by atoms with Crippen LogP contribution < -0.4 is 5.32 Å². The minimum atomic E-state index is -0.0920. The monoisotopic (exact) mass is 419 g/mol. The van der Waals surface area contributed by atoms with Crippen LogP contribution in [0.5, 0.6) is 0 Å². The first kappa shape index (κ1) is 20.3. The van der Waals surface area contributed by atoms with Gasteiger partial charge in [0.15, 0.2) is 0 Å². The number of nitrogens with one attached hydrogen (secondary N) is 1. The topological polar surface area (TPSA) is 62.3 Å². The lowest BCUT2D eigenvalue weighted by Gasteiger charge is -2.15. The molecule has 0 atom stereocenters. The zero-order valence-electron chi connectivity index (χ0n) is 17.3. The number of anilines is 1. The van der Waals surface area contributed by atoms with Gasteiger partial charge in [0.05, 0.1) is 17.1 Å². The third-order valence-corrected chi connectivity index (χ3v) is 6.23. The number of hydrogen-bond acceptors (Lipinski definition) is 4. The molecular weight excluding hydrogens is 394 g/mol. The van der Waals surface area contributed by atoms with Crippen LogP contribution in [0.1, 0.15) is 38.6 Å². The molecule has 4 rings (SSSR count). The average molecular weight is 420 g/mol. The number of carbonyl (C=O) groups is 2. The van der Waals surface area contributed by atoms with E-state index in [0.29, 0.717) is 11.3 Å². The first-order valence-electron chi connectivity index (χ1n) is 10.2. The van der Waals surface area contributed by atoms with Gasteiger partial charge >= 0.3 is 0 Å². The molecule has 3 aromatic rings. The van der Waals surface area contributed by atoms with Gasteiger partial charge in [0.1, 0.15) is 0 Å². The van der Waals surface area contributed by atoms with Crippen LogP contribution in [0.25, 0.3) is 11.3 Å². The van der Waals surface area contributed by atoms with Crippen LogP contribution in [-0.2, 0) is 11.2 Å². The Morgan fingerprint density at radius 3 is 2.33 bits per heavy atom. The van der Waals surface area contributed by atoms with Crippen LogP contribution in [0.2, 0.25) is 0 Å². The number of rotatable bonds is 5. The molecule has 1 fully saturated rings. The molecule has 0 spiro atoms. The van der Waals surface area contributed by atoms with Crippen LogP contribution in [0.3, 0.4) is 0 Å². The van der Waals surface area contributed by atoms with E-state index >= 15 is 0 Å². The lowest BCUT2D eigenvalue weighted by molar-refractivity contribution is -0.115. The fourth-order valence-electron chi connectivity index (χ4n) is 3.68. The van der Waals surface area contributed by atoms with E-state index in [1.807, 2.05) is 24.0 Å². The minimum absolute atomic E-state index is 0.0632. The van der Waals surface area contributed by atoms with Gasteiger partial charge in [-0.05, 0) is 51.0 Å². The van der Waals surface area contributed by atoms with Crippen molar-refractivity contribution in [3.05, 3.63) is 69.5 Å². The van der Waals surface area contributed by atoms with Crippen molar-refractivity contribution in [2.75, 3.05) is 18.4 Å². The van der Waals surface area contributed by atoms with Crippen LogP contribution in [0, 0.1) is 13.8 Å². The van der Waals surface area contributed by atoms with Gasteiger partial charge in [0.2, 0.25) is 5.91 Å². The highest BCUT2D eigenvalue weighted by Gasteiger charge is 2.19. The highest BCUT2D eigenvalue weighted by atomic mass is 32.1. The summed E-state index contributed by atoms with van der Waals surface area (Å²) in [5, 5.41) is 3.88. The SMILES string of the molecule is Cc1ccc(-c2nc(C)sc2CC(=O)Nc2ccc(C(=O)N3CCCC3)cc2)cc1. The summed E-state index contributed by atoms with van der Waals surface area (Å²) in [7, 11) is 0. The Morgan fingerprint density at radius 2 is 1.67 bits per heavy atom. The van der Waals surface area contributed by atoms with Gasteiger partial charge < -0.3 is 10.2 Å². The Balaban J connectivity index is 1.43. The Morgan fingerprint density at radius 1 is 1.00 bits per heavy atom. The predicted molar refractivity (Wildman–Crippen MR) is 121 cm³/mol. The summed E-state index contributed by atoms with van der Waals surface area (Å²) in [5.74, 6) is -0.0288. The second-order valence-electron chi connectivity index (χ2n) is 7.67. The molecule has 0 aliphatic carbocycles. The average Bonchev–Trinajstić information content (AvgIpc) is 3.39. The first-order valence-corrected chi connectivity index (χ1v) is 11.0. The van der Waals surface area contributed by atoms with Gasteiger partial charge in [0.25, 0.3) is 5.91 Å². The number of carbonyl (C=O) groups excluding carboxylic acids is 2. The van der Waals surface area contributed by atoms with Gasteiger partial charge in [-0.2, -0.15) is 0 Å². The molecule has 2 heterocycles. The summed E-state index contributed by atoms with van der Waals surface area (Å²) in [6.45, 7) is 5.66. The molecule has 2 amide bonds. The third kappa shape index (κ3) is 4.60. The minimum Gasteiger partial charge on any atom is -0.339 e. The highest BCUT2D eigenvalue weighted by Crippen LogP contribution is 2.29. The molecule has 1 aromatic heterocycles. The second kappa shape index (κ2) is 8.79. The number of likely N-dealkylation sites (tertiary alicyclic amines) is 1. The number of aromatic nitrogens is 1. The number of amides is 2. The maximum absolute atomic E-state index is 12.6. The summed E-state index contributed by atoms with van der Waals surface area (Å²) in [4.78, 5) is 32.6. The number of hydrogen-bond donors (Lipinski definition) is 1. The van der Waals surface area contributed by atoms with E-state index in [1.54, 1.807) is 35.6 Å². The summed E-state index contributed by atoms with van der Waals surface area (Å²) >= 11 is 1.55. The summed E-state index contributed by atoms with van der Waals surface area (Å²) < 4.78 is 0. The molecule has 1 N–H and O–H groups in total. The van der Waals surface area contributed by atoms with Crippen molar-refractivity contribution in [1.29, 1.82) is 0 Å². The van der Waals surface area contributed by atoms with E-state index in [-0.39, 0.29) is 18.2 Å². The van der Waals surface area contributed by atoms with Gasteiger partial charge in [-0.25, -0.2) is 4.98 Å². The van der Waals surface area contributed by atoms with Crippen molar-refractivity contribution in [2.45, 2.75) is 33.1 Å². The standard InChI is InChI=1S/C24H25N3O2S/c1-16-5-7-18(8-6-16)23-21(30-17(2)25-23)15-22(28)26-20-11-9-19(10-12-20)24(29)27-13-3-4-14-27/h5-12H,3-4,13-15H2,1-2H3,(H,26,28).